The minimum absolute atomic E-state index is 0. The zero-order valence-corrected chi connectivity index (χ0v) is 49.6. The summed E-state index contributed by atoms with van der Waals surface area (Å²) in [6.07, 6.45) is 5.30. The molecule has 0 N–H and O–H groups in total. The third-order valence-corrected chi connectivity index (χ3v) is 13.3. The van der Waals surface area contributed by atoms with Gasteiger partial charge in [-0.25, -0.2) is 21.4 Å². The summed E-state index contributed by atoms with van der Waals surface area (Å²) in [7, 11) is -6.20. The molecular weight excluding hydrogens is 1010 g/mol. The van der Waals surface area contributed by atoms with E-state index in [4.69, 9.17) is 42.3 Å². The number of hydrogen-bond donors (Lipinski definition) is 0. The van der Waals surface area contributed by atoms with E-state index in [2.05, 4.69) is 25.3 Å². The molecule has 73 heavy (non-hydrogen) atoms. The number of fused-ring (bicyclic) bond motifs is 2. The van der Waals surface area contributed by atoms with Crippen molar-refractivity contribution in [2.75, 3.05) is 137 Å². The first-order chi connectivity index (χ1) is 33.8. The van der Waals surface area contributed by atoms with E-state index in [0.717, 1.165) is 16.5 Å². The molecule has 2 aliphatic heterocycles. The first-order valence-corrected chi connectivity index (χ1v) is 26.8. The molecule has 1 aromatic rings. The molecule has 1 aliphatic carbocycles. The van der Waals surface area contributed by atoms with Crippen LogP contribution < -0.4 is 79.1 Å². The molecule has 19 nitrogen and oxygen atoms in total. The van der Waals surface area contributed by atoms with E-state index in [1.165, 1.54) is 18.2 Å². The van der Waals surface area contributed by atoms with Gasteiger partial charge in [0.2, 0.25) is 5.36 Å². The van der Waals surface area contributed by atoms with Crippen LogP contribution in [0.5, 0.6) is 0 Å². The van der Waals surface area contributed by atoms with Crippen LogP contribution in [-0.2, 0) is 73.8 Å². The Morgan fingerprint density at radius 2 is 1.27 bits per heavy atom. The summed E-state index contributed by atoms with van der Waals surface area (Å²) < 4.78 is 124. The fourth-order valence-electron chi connectivity index (χ4n) is 8.09. The van der Waals surface area contributed by atoms with Gasteiger partial charge in [0.05, 0.1) is 100 Å². The minimum atomic E-state index is -4.88. The number of benzene rings is 2. The van der Waals surface area contributed by atoms with Gasteiger partial charge in [-0.1, -0.05) is 26.8 Å². The fourth-order valence-corrected chi connectivity index (χ4v) is 9.07. The van der Waals surface area contributed by atoms with E-state index in [-0.39, 0.29) is 96.8 Å². The van der Waals surface area contributed by atoms with Crippen LogP contribution in [0.4, 0.5) is 5.69 Å². The average molecular weight is 1080 g/mol. The van der Waals surface area contributed by atoms with Gasteiger partial charge in [-0.3, -0.25) is 0 Å². The van der Waals surface area contributed by atoms with Gasteiger partial charge in [0.25, 0.3) is 0 Å². The van der Waals surface area contributed by atoms with Crippen molar-refractivity contribution in [3.8, 4) is 11.3 Å². The van der Waals surface area contributed by atoms with Crippen LogP contribution in [0.25, 0.3) is 17.4 Å². The first kappa shape index (κ1) is 67.0. The molecule has 0 fully saturated rings. The Kier molecular flexibility index (Phi) is 31.1. The first-order valence-electron chi connectivity index (χ1n) is 23.8. The van der Waals surface area contributed by atoms with Gasteiger partial charge in [0.15, 0.2) is 13.1 Å². The number of aliphatic carboxylic acids is 1. The Hall–Kier alpha value is -2.10. The summed E-state index contributed by atoms with van der Waals surface area (Å²) >= 11 is 0. The Bertz CT molecular complexity index is 2430. The zero-order chi connectivity index (χ0) is 51.9. The molecular formula is C50H72N2Na2O17S2. The SMILES string of the molecule is COCCOCCOCCOCC[N+](CCOCCOCCOCCOC)=c1ccc2c(C(C)(C)C)cc(/C=C/C=C3/N(CCCS(=O)(=O)[O-])c4ccc(S(=O)(=O)[O-])cc4C3(C)CCCC(=O)[O-])oc-2c1.[Na+].[Na+]. The van der Waals surface area contributed by atoms with E-state index < -0.39 is 42.3 Å². The maximum atomic E-state index is 12.2. The van der Waals surface area contributed by atoms with E-state index in [0.29, 0.717) is 134 Å². The maximum Gasteiger partial charge on any atom is 1.00 e. The summed E-state index contributed by atoms with van der Waals surface area (Å²) in [4.78, 5) is 12.8. The number of allylic oxidation sites excluding steroid dienone is 3. The molecule has 0 radical (unpaired) electrons. The van der Waals surface area contributed by atoms with Crippen LogP contribution in [0.1, 0.15) is 70.3 Å². The third kappa shape index (κ3) is 23.2. The minimum Gasteiger partial charge on any atom is -0.748 e. The van der Waals surface area contributed by atoms with E-state index >= 15 is 0 Å². The summed E-state index contributed by atoms with van der Waals surface area (Å²) in [6, 6.07) is 11.9. The maximum absolute atomic E-state index is 12.2. The monoisotopic (exact) mass is 1080 g/mol. The molecule has 0 saturated carbocycles. The van der Waals surface area contributed by atoms with E-state index in [1.807, 2.05) is 24.3 Å². The Balaban J connectivity index is 0.00000913. The zero-order valence-electron chi connectivity index (χ0n) is 44.0. The van der Waals surface area contributed by atoms with Crippen molar-refractivity contribution in [1.29, 1.82) is 0 Å². The van der Waals surface area contributed by atoms with Gasteiger partial charge < -0.3 is 66.2 Å². The molecule has 1 aromatic carbocycles. The molecule has 0 bridgehead atoms. The number of methoxy groups -OCH3 is 2. The number of rotatable bonds is 35. The topological polar surface area (TPSA) is 248 Å². The third-order valence-electron chi connectivity index (χ3n) is 11.7. The number of hydrogen-bond acceptors (Lipinski definition) is 18. The molecule has 23 heteroatoms. The molecule has 2 heterocycles. The van der Waals surface area contributed by atoms with E-state index in [1.54, 1.807) is 44.3 Å². The summed E-state index contributed by atoms with van der Waals surface area (Å²) in [5.74, 6) is -0.796. The second-order valence-electron chi connectivity index (χ2n) is 18.0. The van der Waals surface area contributed by atoms with Crippen molar-refractivity contribution in [1.82, 2.24) is 4.58 Å². The Morgan fingerprint density at radius 3 is 1.77 bits per heavy atom. The van der Waals surface area contributed by atoms with E-state index in [9.17, 15) is 35.8 Å². The van der Waals surface area contributed by atoms with Crippen LogP contribution in [0.3, 0.4) is 0 Å². The number of anilines is 1. The van der Waals surface area contributed by atoms with Crippen molar-refractivity contribution in [2.45, 2.75) is 69.1 Å². The second-order valence-corrected chi connectivity index (χ2v) is 20.9. The van der Waals surface area contributed by atoms with Crippen LogP contribution in [0.15, 0.2) is 69.6 Å². The normalized spacial score (nSPS) is 15.5. The summed E-state index contributed by atoms with van der Waals surface area (Å²) in [5.41, 5.74) is 2.06. The molecule has 1 unspecified atom stereocenters. The van der Waals surface area contributed by atoms with Crippen molar-refractivity contribution in [3.05, 3.63) is 82.6 Å². The van der Waals surface area contributed by atoms with Crippen molar-refractivity contribution >= 4 is 38.0 Å². The number of carbonyl (C=O) groups is 1. The molecule has 3 aliphatic rings. The molecule has 0 spiro atoms. The smallest absolute Gasteiger partial charge is 0.748 e. The van der Waals surface area contributed by atoms with Crippen molar-refractivity contribution in [2.24, 2.45) is 0 Å². The quantitative estimate of drug-likeness (QED) is 0.0252. The average Bonchev–Trinajstić information content (AvgIpc) is 3.53. The summed E-state index contributed by atoms with van der Waals surface area (Å²) in [6.45, 7) is 15.6. The molecule has 0 saturated heterocycles. The van der Waals surface area contributed by atoms with Crippen LogP contribution in [0, 0.1) is 0 Å². The second kappa shape index (κ2) is 33.9. The number of carboxylic acids is 1. The van der Waals surface area contributed by atoms with Gasteiger partial charge in [0.1, 0.15) is 34.9 Å². The largest absolute Gasteiger partial charge is 1.00 e. The van der Waals surface area contributed by atoms with Crippen molar-refractivity contribution < 1.29 is 137 Å². The Labute approximate surface area is 476 Å². The van der Waals surface area contributed by atoms with Crippen molar-refractivity contribution in [3.63, 3.8) is 0 Å². The predicted octanol–water partition coefficient (Wildman–Crippen LogP) is -2.71. The van der Waals surface area contributed by atoms with Crippen LogP contribution in [0.2, 0.25) is 0 Å². The number of carbonyl (C=O) groups excluding carboxylic acids is 1. The van der Waals surface area contributed by atoms with Gasteiger partial charge in [0, 0.05) is 60.9 Å². The number of carboxylic acid groups (broad SMARTS) is 1. The molecule has 1 atom stereocenters. The molecule has 0 aromatic heterocycles. The van der Waals surface area contributed by atoms with Crippen LogP contribution >= 0.6 is 0 Å². The van der Waals surface area contributed by atoms with Gasteiger partial charge in [-0.15, -0.1) is 0 Å². The van der Waals surface area contributed by atoms with Gasteiger partial charge in [-0.2, -0.15) is 0 Å². The van der Waals surface area contributed by atoms with Gasteiger partial charge in [-0.05, 0) is 91.6 Å². The Morgan fingerprint density at radius 1 is 0.740 bits per heavy atom. The molecule has 4 rings (SSSR count). The summed E-state index contributed by atoms with van der Waals surface area (Å²) in [5, 5.41) is 12.4. The molecule has 0 amide bonds. The number of nitrogens with zero attached hydrogens (tertiary/aromatic N) is 2. The van der Waals surface area contributed by atoms with Gasteiger partial charge >= 0.3 is 59.1 Å². The number of ether oxygens (including phenoxy) is 8. The fraction of sp³-hybridized carbons (Fsp3) is 0.600. The predicted molar refractivity (Wildman–Crippen MR) is 262 cm³/mol. The standard InChI is InChI=1S/C50H74N2O17S2.2Na/c1-49(2,3)43-37-40(10-7-11-47-50(4,17-8-12-48(53)54)44-38-41(71(58,59)60)14-16-45(44)52(47)18-9-35-70(55,56)57)69-46-36-39(13-15-42(43)46)51(19-21-63-27-29-67-33-31-65-25-23-61-5)20-22-64-28-30-68-34-32-66-26-24-62-6;;/h7,10-11,13-16,36-38H,8-9,12,17-35H2,1-6H3,(H2-,53,54,55,56,57,58,59,60);;/q;2*+1/p-2. The van der Waals surface area contributed by atoms with Crippen LogP contribution in [-0.4, -0.2) is 164 Å². The molecule has 398 valence electrons.